The highest BCUT2D eigenvalue weighted by Gasteiger charge is 2.13. The van der Waals surface area contributed by atoms with Crippen molar-refractivity contribution in [3.8, 4) is 0 Å². The van der Waals surface area contributed by atoms with Crippen LogP contribution in [0.15, 0.2) is 49.1 Å². The first-order valence-corrected chi connectivity index (χ1v) is 7.41. The molecule has 0 aliphatic heterocycles. The van der Waals surface area contributed by atoms with E-state index in [9.17, 15) is 4.79 Å². The molecule has 2 heterocycles. The summed E-state index contributed by atoms with van der Waals surface area (Å²) >= 11 is 0. The predicted octanol–water partition coefficient (Wildman–Crippen LogP) is 2.25. The molecular formula is C17H22N4O. The molecule has 2 aromatic heterocycles. The fraction of sp³-hybridized carbons (Fsp3) is 0.353. The van der Waals surface area contributed by atoms with Crippen LogP contribution in [0.3, 0.4) is 0 Å². The number of hydrogen-bond donors (Lipinski definition) is 0. The Labute approximate surface area is 131 Å². The molecule has 0 fully saturated rings. The fourth-order valence-corrected chi connectivity index (χ4v) is 2.18. The number of amides is 2. The van der Waals surface area contributed by atoms with Crippen molar-refractivity contribution in [3.63, 3.8) is 0 Å². The van der Waals surface area contributed by atoms with Gasteiger partial charge in [0.25, 0.3) is 0 Å². The van der Waals surface area contributed by atoms with E-state index in [4.69, 9.17) is 0 Å². The Morgan fingerprint density at radius 2 is 1.18 bits per heavy atom. The molecule has 0 radical (unpaired) electrons. The first-order valence-electron chi connectivity index (χ1n) is 7.41. The molecule has 5 nitrogen and oxygen atoms in total. The van der Waals surface area contributed by atoms with E-state index in [0.29, 0.717) is 13.1 Å². The molecule has 0 atom stereocenters. The standard InChI is InChI=1S/C17H22N4O/c1-20(13-7-15-3-9-18-10-4-15)17(22)21(2)14-8-16-5-11-19-12-6-16/h3-6,9-12H,7-8,13-14H2,1-2H3. The highest BCUT2D eigenvalue weighted by atomic mass is 16.2. The average molecular weight is 298 g/mol. The van der Waals surface area contributed by atoms with Crippen LogP contribution in [0, 0.1) is 0 Å². The lowest BCUT2D eigenvalue weighted by molar-refractivity contribution is 0.174. The van der Waals surface area contributed by atoms with Gasteiger partial charge in [-0.05, 0) is 48.2 Å². The molecule has 0 saturated heterocycles. The van der Waals surface area contributed by atoms with E-state index in [1.54, 1.807) is 34.6 Å². The van der Waals surface area contributed by atoms with Gasteiger partial charge in [0.2, 0.25) is 0 Å². The number of nitrogens with zero attached hydrogens (tertiary/aromatic N) is 4. The van der Waals surface area contributed by atoms with Gasteiger partial charge >= 0.3 is 6.03 Å². The summed E-state index contributed by atoms with van der Waals surface area (Å²) in [6.45, 7) is 1.39. The summed E-state index contributed by atoms with van der Waals surface area (Å²) in [6.07, 6.45) is 8.78. The summed E-state index contributed by atoms with van der Waals surface area (Å²) in [5.74, 6) is 0. The third kappa shape index (κ3) is 4.84. The van der Waals surface area contributed by atoms with Crippen molar-refractivity contribution in [2.45, 2.75) is 12.8 Å². The van der Waals surface area contributed by atoms with Crippen LogP contribution in [0.1, 0.15) is 11.1 Å². The highest BCUT2D eigenvalue weighted by molar-refractivity contribution is 5.73. The minimum absolute atomic E-state index is 0.0445. The van der Waals surface area contributed by atoms with Crippen LogP contribution in [-0.2, 0) is 12.8 Å². The minimum atomic E-state index is 0.0445. The van der Waals surface area contributed by atoms with Crippen molar-refractivity contribution in [3.05, 3.63) is 60.2 Å². The number of pyridine rings is 2. The lowest BCUT2D eigenvalue weighted by Crippen LogP contribution is -2.40. The Balaban J connectivity index is 1.77. The van der Waals surface area contributed by atoms with Crippen molar-refractivity contribution in [1.29, 1.82) is 0 Å². The molecule has 2 rings (SSSR count). The molecule has 0 aliphatic carbocycles. The van der Waals surface area contributed by atoms with Crippen LogP contribution in [0.2, 0.25) is 0 Å². The van der Waals surface area contributed by atoms with Gasteiger partial charge in [-0.1, -0.05) is 0 Å². The van der Waals surface area contributed by atoms with Gasteiger partial charge in [-0.3, -0.25) is 9.97 Å². The second-order valence-corrected chi connectivity index (χ2v) is 5.34. The molecule has 0 N–H and O–H groups in total. The molecular weight excluding hydrogens is 276 g/mol. The normalized spacial score (nSPS) is 10.3. The summed E-state index contributed by atoms with van der Waals surface area (Å²) in [7, 11) is 3.68. The summed E-state index contributed by atoms with van der Waals surface area (Å²) in [4.78, 5) is 23.8. The second-order valence-electron chi connectivity index (χ2n) is 5.34. The third-order valence-electron chi connectivity index (χ3n) is 3.62. The Bertz CT molecular complexity index is 522. The molecule has 0 spiro atoms. The highest BCUT2D eigenvalue weighted by Crippen LogP contribution is 2.03. The van der Waals surface area contributed by atoms with Crippen molar-refractivity contribution < 1.29 is 4.79 Å². The summed E-state index contributed by atoms with van der Waals surface area (Å²) in [6, 6.07) is 7.96. The molecule has 0 unspecified atom stereocenters. The van der Waals surface area contributed by atoms with Crippen LogP contribution in [-0.4, -0.2) is 53.0 Å². The van der Waals surface area contributed by atoms with Gasteiger partial charge in [-0.15, -0.1) is 0 Å². The molecule has 2 aromatic rings. The molecule has 2 amide bonds. The number of carbonyl (C=O) groups is 1. The third-order valence-corrected chi connectivity index (χ3v) is 3.62. The van der Waals surface area contributed by atoms with Crippen molar-refractivity contribution >= 4 is 6.03 Å². The van der Waals surface area contributed by atoms with Gasteiger partial charge in [0.05, 0.1) is 0 Å². The SMILES string of the molecule is CN(CCc1ccncc1)C(=O)N(C)CCc1ccncc1. The maximum absolute atomic E-state index is 12.3. The number of rotatable bonds is 6. The summed E-state index contributed by atoms with van der Waals surface area (Å²) in [5, 5.41) is 0. The van der Waals surface area contributed by atoms with Gasteiger partial charge in [-0.2, -0.15) is 0 Å². The Kier molecular flexibility index (Phi) is 5.89. The number of aromatic nitrogens is 2. The molecule has 116 valence electrons. The molecule has 0 bridgehead atoms. The zero-order valence-corrected chi connectivity index (χ0v) is 13.1. The van der Waals surface area contributed by atoms with Crippen LogP contribution < -0.4 is 0 Å². The number of carbonyl (C=O) groups excluding carboxylic acids is 1. The van der Waals surface area contributed by atoms with Crippen LogP contribution in [0.4, 0.5) is 4.79 Å². The van der Waals surface area contributed by atoms with E-state index in [0.717, 1.165) is 12.8 Å². The van der Waals surface area contributed by atoms with E-state index in [1.165, 1.54) is 11.1 Å². The van der Waals surface area contributed by atoms with Crippen LogP contribution in [0.5, 0.6) is 0 Å². The zero-order valence-electron chi connectivity index (χ0n) is 13.1. The first kappa shape index (κ1) is 15.9. The van der Waals surface area contributed by atoms with E-state index >= 15 is 0 Å². The van der Waals surface area contributed by atoms with Gasteiger partial charge in [-0.25, -0.2) is 4.79 Å². The Morgan fingerprint density at radius 1 is 0.818 bits per heavy atom. The fourth-order valence-electron chi connectivity index (χ4n) is 2.18. The van der Waals surface area contributed by atoms with E-state index in [1.807, 2.05) is 38.4 Å². The van der Waals surface area contributed by atoms with Gasteiger partial charge in [0, 0.05) is 52.0 Å². The van der Waals surface area contributed by atoms with Crippen LogP contribution >= 0.6 is 0 Å². The van der Waals surface area contributed by atoms with Crippen molar-refractivity contribution in [1.82, 2.24) is 19.8 Å². The average Bonchev–Trinajstić information content (AvgIpc) is 2.58. The van der Waals surface area contributed by atoms with E-state index < -0.39 is 0 Å². The smallest absolute Gasteiger partial charge is 0.319 e. The van der Waals surface area contributed by atoms with Gasteiger partial charge in [0.1, 0.15) is 0 Å². The monoisotopic (exact) mass is 298 g/mol. The topological polar surface area (TPSA) is 49.3 Å². The molecule has 0 aliphatic rings. The first-order chi connectivity index (χ1) is 10.7. The maximum atomic E-state index is 12.3. The zero-order chi connectivity index (χ0) is 15.8. The van der Waals surface area contributed by atoms with Gasteiger partial charge in [0.15, 0.2) is 0 Å². The number of urea groups is 1. The molecule has 0 aromatic carbocycles. The number of hydrogen-bond acceptors (Lipinski definition) is 3. The predicted molar refractivity (Wildman–Crippen MR) is 86.5 cm³/mol. The minimum Gasteiger partial charge on any atom is -0.327 e. The van der Waals surface area contributed by atoms with Crippen LogP contribution in [0.25, 0.3) is 0 Å². The lowest BCUT2D eigenvalue weighted by atomic mass is 10.2. The number of likely N-dealkylation sites (N-methyl/N-ethyl adjacent to an activating group) is 2. The summed E-state index contributed by atoms with van der Waals surface area (Å²) < 4.78 is 0. The largest absolute Gasteiger partial charge is 0.327 e. The van der Waals surface area contributed by atoms with Crippen molar-refractivity contribution in [2.24, 2.45) is 0 Å². The second kappa shape index (κ2) is 8.12. The Hall–Kier alpha value is -2.43. The van der Waals surface area contributed by atoms with E-state index in [2.05, 4.69) is 9.97 Å². The molecule has 5 heteroatoms. The molecule has 22 heavy (non-hydrogen) atoms. The van der Waals surface area contributed by atoms with E-state index in [-0.39, 0.29) is 6.03 Å². The molecule has 0 saturated carbocycles. The quantitative estimate of drug-likeness (QED) is 0.822. The maximum Gasteiger partial charge on any atom is 0.319 e. The summed E-state index contributed by atoms with van der Waals surface area (Å²) in [5.41, 5.74) is 2.38. The Morgan fingerprint density at radius 3 is 1.55 bits per heavy atom. The van der Waals surface area contributed by atoms with Gasteiger partial charge < -0.3 is 9.80 Å². The lowest BCUT2D eigenvalue weighted by Gasteiger charge is -2.25. The van der Waals surface area contributed by atoms with Crippen molar-refractivity contribution in [2.75, 3.05) is 27.2 Å².